The lowest BCUT2D eigenvalue weighted by Gasteiger charge is -2.34. The van der Waals surface area contributed by atoms with Gasteiger partial charge in [-0.05, 0) is 39.3 Å². The van der Waals surface area contributed by atoms with Crippen LogP contribution in [0.25, 0.3) is 0 Å². The van der Waals surface area contributed by atoms with Crippen LogP contribution in [0.4, 0.5) is 0 Å². The number of H-pyrrole nitrogens is 1. The molecule has 0 amide bonds. The van der Waals surface area contributed by atoms with Crippen LogP contribution in [0, 0.1) is 0 Å². The normalized spacial score (nSPS) is 22.2. The number of rotatable bonds is 4. The first kappa shape index (κ1) is 12.6. The molecule has 1 saturated heterocycles. The molecule has 2 heterocycles. The van der Waals surface area contributed by atoms with Crippen LogP contribution in [-0.4, -0.2) is 45.9 Å². The maximum atomic E-state index is 8.90. The van der Waals surface area contributed by atoms with Crippen LogP contribution in [0.2, 0.25) is 0 Å². The highest BCUT2D eigenvalue weighted by Crippen LogP contribution is 2.26. The summed E-state index contributed by atoms with van der Waals surface area (Å²) in [6, 6.07) is 2.73. The van der Waals surface area contributed by atoms with Crippen LogP contribution >= 0.6 is 0 Å². The Hall–Kier alpha value is -0.870. The van der Waals surface area contributed by atoms with Crippen LogP contribution in [0.3, 0.4) is 0 Å². The first-order valence-electron chi connectivity index (χ1n) is 6.59. The van der Waals surface area contributed by atoms with Crippen molar-refractivity contribution in [2.45, 2.75) is 45.1 Å². The van der Waals surface area contributed by atoms with Crippen molar-refractivity contribution in [3.05, 3.63) is 17.5 Å². The molecule has 1 aliphatic rings. The quantitative estimate of drug-likeness (QED) is 0.835. The zero-order valence-electron chi connectivity index (χ0n) is 10.8. The van der Waals surface area contributed by atoms with Gasteiger partial charge in [-0.1, -0.05) is 0 Å². The second-order valence-corrected chi connectivity index (χ2v) is 5.22. The average molecular weight is 237 g/mol. The number of piperidine rings is 1. The number of hydrogen-bond donors (Lipinski definition) is 2. The van der Waals surface area contributed by atoms with E-state index in [9.17, 15) is 0 Å². The average Bonchev–Trinajstić information content (AvgIpc) is 2.78. The van der Waals surface area contributed by atoms with Gasteiger partial charge in [0.25, 0.3) is 0 Å². The predicted octanol–water partition coefficient (Wildman–Crippen LogP) is 1.53. The van der Waals surface area contributed by atoms with Crippen LogP contribution < -0.4 is 0 Å². The van der Waals surface area contributed by atoms with Crippen LogP contribution in [0.5, 0.6) is 0 Å². The minimum Gasteiger partial charge on any atom is -0.396 e. The Morgan fingerprint density at radius 3 is 3.12 bits per heavy atom. The summed E-state index contributed by atoms with van der Waals surface area (Å²) < 4.78 is 0. The molecule has 1 aromatic rings. The molecule has 2 N–H and O–H groups in total. The fourth-order valence-corrected chi connectivity index (χ4v) is 2.55. The van der Waals surface area contributed by atoms with Gasteiger partial charge in [-0.15, -0.1) is 0 Å². The molecule has 4 heteroatoms. The van der Waals surface area contributed by atoms with E-state index >= 15 is 0 Å². The molecule has 0 aromatic carbocycles. The van der Waals surface area contributed by atoms with E-state index < -0.39 is 0 Å². The second-order valence-electron chi connectivity index (χ2n) is 5.22. The number of hydrogen-bond acceptors (Lipinski definition) is 3. The zero-order valence-corrected chi connectivity index (χ0v) is 10.8. The van der Waals surface area contributed by atoms with Gasteiger partial charge in [0, 0.05) is 37.2 Å². The molecule has 0 unspecified atom stereocenters. The molecule has 4 nitrogen and oxygen atoms in total. The minimum atomic E-state index is 0.185. The summed E-state index contributed by atoms with van der Waals surface area (Å²) in [6.45, 7) is 7.02. The number of aliphatic hydroxyl groups is 1. The summed E-state index contributed by atoms with van der Waals surface area (Å²) >= 11 is 0. The van der Waals surface area contributed by atoms with Crippen molar-refractivity contribution in [1.29, 1.82) is 0 Å². The Morgan fingerprint density at radius 1 is 1.59 bits per heavy atom. The first-order valence-corrected chi connectivity index (χ1v) is 6.59. The third-order valence-corrected chi connectivity index (χ3v) is 3.63. The highest BCUT2D eigenvalue weighted by atomic mass is 16.3. The van der Waals surface area contributed by atoms with Crippen LogP contribution in [0.15, 0.2) is 6.07 Å². The molecular weight excluding hydrogens is 214 g/mol. The topological polar surface area (TPSA) is 52.1 Å². The van der Waals surface area contributed by atoms with Gasteiger partial charge in [0.15, 0.2) is 0 Å². The molecule has 0 radical (unpaired) electrons. The van der Waals surface area contributed by atoms with Gasteiger partial charge in [0.1, 0.15) is 0 Å². The van der Waals surface area contributed by atoms with Gasteiger partial charge in [0.2, 0.25) is 0 Å². The third-order valence-electron chi connectivity index (χ3n) is 3.63. The van der Waals surface area contributed by atoms with Crippen molar-refractivity contribution >= 4 is 0 Å². The molecule has 1 aliphatic heterocycles. The standard InChI is InChI=1S/C13H23N3O/c1-10(2)16-6-3-4-11(9-16)13-8-12(5-7-17)14-15-13/h8,10-11,17H,3-7,9H2,1-2H3,(H,14,15)/t11-/m1/s1. The predicted molar refractivity (Wildman–Crippen MR) is 68.1 cm³/mol. The molecular formula is C13H23N3O. The lowest BCUT2D eigenvalue weighted by atomic mass is 9.94. The Kier molecular flexibility index (Phi) is 4.18. The van der Waals surface area contributed by atoms with E-state index in [1.54, 1.807) is 0 Å². The maximum absolute atomic E-state index is 8.90. The number of likely N-dealkylation sites (tertiary alicyclic amines) is 1. The highest BCUT2D eigenvalue weighted by Gasteiger charge is 2.24. The molecule has 17 heavy (non-hydrogen) atoms. The molecule has 0 aliphatic carbocycles. The lowest BCUT2D eigenvalue weighted by Crippen LogP contribution is -2.39. The number of nitrogens with one attached hydrogen (secondary N) is 1. The van der Waals surface area contributed by atoms with Gasteiger partial charge >= 0.3 is 0 Å². The number of nitrogens with zero attached hydrogens (tertiary/aromatic N) is 2. The van der Waals surface area contributed by atoms with E-state index in [1.807, 2.05) is 0 Å². The van der Waals surface area contributed by atoms with Gasteiger partial charge in [0.05, 0.1) is 5.69 Å². The van der Waals surface area contributed by atoms with E-state index in [1.165, 1.54) is 25.1 Å². The largest absolute Gasteiger partial charge is 0.396 e. The fraction of sp³-hybridized carbons (Fsp3) is 0.769. The maximum Gasteiger partial charge on any atom is 0.0668 e. The van der Waals surface area contributed by atoms with Crippen molar-refractivity contribution in [3.8, 4) is 0 Å². The molecule has 1 aromatic heterocycles. The van der Waals surface area contributed by atoms with Crippen LogP contribution in [0.1, 0.15) is 44.0 Å². The summed E-state index contributed by atoms with van der Waals surface area (Å²) in [5.41, 5.74) is 2.21. The molecule has 2 rings (SSSR count). The number of aliphatic hydroxyl groups excluding tert-OH is 1. The van der Waals surface area contributed by atoms with E-state index in [0.29, 0.717) is 18.4 Å². The van der Waals surface area contributed by atoms with Crippen molar-refractivity contribution in [1.82, 2.24) is 15.1 Å². The molecule has 1 atom stereocenters. The van der Waals surface area contributed by atoms with E-state index in [0.717, 1.165) is 12.2 Å². The summed E-state index contributed by atoms with van der Waals surface area (Å²) in [6.07, 6.45) is 3.16. The van der Waals surface area contributed by atoms with E-state index in [2.05, 4.69) is 35.0 Å². The van der Waals surface area contributed by atoms with Crippen LogP contribution in [-0.2, 0) is 6.42 Å². The monoisotopic (exact) mass is 237 g/mol. The van der Waals surface area contributed by atoms with E-state index in [4.69, 9.17) is 5.11 Å². The number of aromatic nitrogens is 2. The Labute approximate surface area is 103 Å². The van der Waals surface area contributed by atoms with Crippen molar-refractivity contribution in [2.75, 3.05) is 19.7 Å². The molecule has 0 saturated carbocycles. The molecule has 1 fully saturated rings. The zero-order chi connectivity index (χ0) is 12.3. The summed E-state index contributed by atoms with van der Waals surface area (Å²) in [7, 11) is 0. The van der Waals surface area contributed by atoms with E-state index in [-0.39, 0.29) is 6.61 Å². The second kappa shape index (κ2) is 5.65. The Balaban J connectivity index is 2.00. The fourth-order valence-electron chi connectivity index (χ4n) is 2.55. The van der Waals surface area contributed by atoms with Crippen molar-refractivity contribution < 1.29 is 5.11 Å². The minimum absolute atomic E-state index is 0.185. The van der Waals surface area contributed by atoms with Crippen molar-refractivity contribution in [3.63, 3.8) is 0 Å². The van der Waals surface area contributed by atoms with Crippen molar-refractivity contribution in [2.24, 2.45) is 0 Å². The SMILES string of the molecule is CC(C)N1CCC[C@@H](c2cc(CCO)[nH]n2)C1. The van der Waals surface area contributed by atoms with Gasteiger partial charge in [-0.3, -0.25) is 5.10 Å². The smallest absolute Gasteiger partial charge is 0.0668 e. The van der Waals surface area contributed by atoms with Gasteiger partial charge < -0.3 is 10.0 Å². The van der Waals surface area contributed by atoms with Gasteiger partial charge in [-0.25, -0.2) is 0 Å². The molecule has 0 spiro atoms. The Bertz CT molecular complexity index is 348. The Morgan fingerprint density at radius 2 is 2.41 bits per heavy atom. The summed E-state index contributed by atoms with van der Waals surface area (Å²) in [5.74, 6) is 0.551. The summed E-state index contributed by atoms with van der Waals surface area (Å²) in [5, 5.41) is 16.3. The molecule has 0 bridgehead atoms. The lowest BCUT2D eigenvalue weighted by molar-refractivity contribution is 0.166. The molecule has 96 valence electrons. The summed E-state index contributed by atoms with van der Waals surface area (Å²) in [4.78, 5) is 2.52. The first-order chi connectivity index (χ1) is 8.20. The number of aromatic amines is 1. The highest BCUT2D eigenvalue weighted by molar-refractivity contribution is 5.14. The third kappa shape index (κ3) is 3.07. The van der Waals surface area contributed by atoms with Gasteiger partial charge in [-0.2, -0.15) is 5.10 Å².